The zero-order valence-corrected chi connectivity index (χ0v) is 22.5. The summed E-state index contributed by atoms with van der Waals surface area (Å²) in [6.45, 7) is 0. The van der Waals surface area contributed by atoms with Gasteiger partial charge in [-0.05, 0) is 47.9 Å². The first-order valence-corrected chi connectivity index (χ1v) is 14.1. The molecule has 0 amide bonds. The van der Waals surface area contributed by atoms with Gasteiger partial charge in [0.1, 0.15) is 11.2 Å². The highest BCUT2D eigenvalue weighted by molar-refractivity contribution is 6.26. The molecule has 3 heterocycles. The first-order chi connectivity index (χ1) is 20.8. The maximum atomic E-state index is 6.53. The Morgan fingerprint density at radius 2 is 1.14 bits per heavy atom. The van der Waals surface area contributed by atoms with Crippen LogP contribution in [0.5, 0.6) is 0 Å². The van der Waals surface area contributed by atoms with Crippen molar-refractivity contribution in [2.45, 2.75) is 0 Å². The van der Waals surface area contributed by atoms with Crippen LogP contribution >= 0.6 is 0 Å². The summed E-state index contributed by atoms with van der Waals surface area (Å²) in [4.78, 5) is 10.1. The topological polar surface area (TPSA) is 43.9 Å². The van der Waals surface area contributed by atoms with Crippen molar-refractivity contribution in [1.82, 2.24) is 14.5 Å². The van der Waals surface area contributed by atoms with Crippen molar-refractivity contribution in [3.8, 4) is 28.3 Å². The molecule has 42 heavy (non-hydrogen) atoms. The molecule has 6 aromatic carbocycles. The van der Waals surface area contributed by atoms with E-state index in [9.17, 15) is 0 Å². The second-order valence-corrected chi connectivity index (χ2v) is 10.6. The molecule has 0 aliphatic rings. The van der Waals surface area contributed by atoms with Crippen LogP contribution in [0, 0.1) is 0 Å². The summed E-state index contributed by atoms with van der Waals surface area (Å²) in [6.07, 6.45) is 0. The van der Waals surface area contributed by atoms with Gasteiger partial charge in [-0.1, -0.05) is 97.1 Å². The lowest BCUT2D eigenvalue weighted by molar-refractivity contribution is 0.664. The van der Waals surface area contributed by atoms with Crippen molar-refractivity contribution in [3.05, 3.63) is 140 Å². The van der Waals surface area contributed by atoms with E-state index in [0.717, 1.165) is 66.4 Å². The number of hydrogen-bond donors (Lipinski definition) is 0. The zero-order valence-electron chi connectivity index (χ0n) is 22.5. The predicted molar refractivity (Wildman–Crippen MR) is 172 cm³/mol. The summed E-state index contributed by atoms with van der Waals surface area (Å²) in [5, 5.41) is 5.65. The Balaban J connectivity index is 1.32. The van der Waals surface area contributed by atoms with Crippen LogP contribution in [-0.4, -0.2) is 14.5 Å². The molecular weight excluding hydrogens is 514 g/mol. The second-order valence-electron chi connectivity index (χ2n) is 10.6. The molecule has 0 aliphatic carbocycles. The fourth-order valence-electron chi connectivity index (χ4n) is 6.37. The van der Waals surface area contributed by atoms with Gasteiger partial charge in [0, 0.05) is 33.0 Å². The molecule has 3 aromatic heterocycles. The lowest BCUT2D eigenvalue weighted by Gasteiger charge is -2.12. The van der Waals surface area contributed by atoms with Gasteiger partial charge in [0.2, 0.25) is 0 Å². The fraction of sp³-hybridized carbons (Fsp3) is 0. The van der Waals surface area contributed by atoms with Crippen LogP contribution in [0.25, 0.3) is 83.0 Å². The Labute approximate surface area is 241 Å². The molecule has 0 bridgehead atoms. The minimum absolute atomic E-state index is 0.704. The van der Waals surface area contributed by atoms with Gasteiger partial charge in [-0.3, -0.25) is 0 Å². The number of aromatic nitrogens is 3. The van der Waals surface area contributed by atoms with E-state index >= 15 is 0 Å². The maximum absolute atomic E-state index is 6.53. The molecule has 0 radical (unpaired) electrons. The van der Waals surface area contributed by atoms with Gasteiger partial charge in [-0.25, -0.2) is 9.97 Å². The molecule has 9 rings (SSSR count). The SMILES string of the molecule is c1ccc(-c2nc(-c3cccc(-n4c5cccc6oc7ccccc7c7cccc4c7c65)c3)nc3ccccc23)cc1. The van der Waals surface area contributed by atoms with E-state index in [4.69, 9.17) is 14.4 Å². The average Bonchev–Trinajstić information content (AvgIpc) is 3.32. The Morgan fingerprint density at radius 3 is 2.05 bits per heavy atom. The largest absolute Gasteiger partial charge is 0.456 e. The van der Waals surface area contributed by atoms with Crippen molar-refractivity contribution in [2.24, 2.45) is 0 Å². The summed E-state index contributed by atoms with van der Waals surface area (Å²) in [6, 6.07) is 48.2. The van der Waals surface area contributed by atoms with Crippen molar-refractivity contribution in [3.63, 3.8) is 0 Å². The monoisotopic (exact) mass is 537 g/mol. The Morgan fingerprint density at radius 1 is 0.476 bits per heavy atom. The van der Waals surface area contributed by atoms with Crippen molar-refractivity contribution >= 4 is 54.6 Å². The molecule has 0 unspecified atom stereocenters. The Bertz CT molecular complexity index is 2470. The summed E-state index contributed by atoms with van der Waals surface area (Å²) in [5.74, 6) is 0.704. The third-order valence-corrected chi connectivity index (χ3v) is 8.19. The molecule has 0 saturated carbocycles. The number of para-hydroxylation sites is 2. The highest BCUT2D eigenvalue weighted by atomic mass is 16.3. The highest BCUT2D eigenvalue weighted by Crippen LogP contribution is 2.41. The van der Waals surface area contributed by atoms with E-state index in [1.807, 2.05) is 42.5 Å². The van der Waals surface area contributed by atoms with Crippen LogP contribution in [0.2, 0.25) is 0 Å². The molecule has 0 aliphatic heterocycles. The number of fused-ring (bicyclic) bond motifs is 3. The van der Waals surface area contributed by atoms with Crippen LogP contribution in [0.15, 0.2) is 144 Å². The molecule has 9 aromatic rings. The third kappa shape index (κ3) is 3.36. The summed E-state index contributed by atoms with van der Waals surface area (Å²) in [5.41, 5.74) is 8.94. The Hall–Kier alpha value is -5.74. The van der Waals surface area contributed by atoms with Gasteiger partial charge in [0.25, 0.3) is 0 Å². The second kappa shape index (κ2) is 8.88. The quantitative estimate of drug-likeness (QED) is 0.225. The first-order valence-electron chi connectivity index (χ1n) is 14.1. The number of nitrogens with zero attached hydrogens (tertiary/aromatic N) is 3. The van der Waals surface area contributed by atoms with Crippen LogP contribution in [-0.2, 0) is 0 Å². The third-order valence-electron chi connectivity index (χ3n) is 8.19. The van der Waals surface area contributed by atoms with E-state index in [0.29, 0.717) is 5.82 Å². The Kier molecular flexibility index (Phi) is 4.87. The molecule has 0 fully saturated rings. The molecule has 4 nitrogen and oxygen atoms in total. The van der Waals surface area contributed by atoms with Crippen LogP contribution in [0.3, 0.4) is 0 Å². The first kappa shape index (κ1) is 23.0. The lowest BCUT2D eigenvalue weighted by Crippen LogP contribution is -1.97. The van der Waals surface area contributed by atoms with E-state index in [1.54, 1.807) is 0 Å². The minimum atomic E-state index is 0.704. The van der Waals surface area contributed by atoms with Crippen molar-refractivity contribution < 1.29 is 4.42 Å². The van der Waals surface area contributed by atoms with Gasteiger partial charge >= 0.3 is 0 Å². The number of benzene rings is 6. The van der Waals surface area contributed by atoms with E-state index in [-0.39, 0.29) is 0 Å². The predicted octanol–water partition coefficient (Wildman–Crippen LogP) is 9.96. The smallest absolute Gasteiger partial charge is 0.160 e. The van der Waals surface area contributed by atoms with Gasteiger partial charge in [0.05, 0.1) is 27.6 Å². The molecule has 0 saturated heterocycles. The van der Waals surface area contributed by atoms with Gasteiger partial charge in [-0.15, -0.1) is 0 Å². The van der Waals surface area contributed by atoms with Crippen molar-refractivity contribution in [1.29, 1.82) is 0 Å². The van der Waals surface area contributed by atoms with Gasteiger partial charge in [-0.2, -0.15) is 0 Å². The maximum Gasteiger partial charge on any atom is 0.160 e. The van der Waals surface area contributed by atoms with Crippen LogP contribution in [0.1, 0.15) is 0 Å². The standard InChI is InChI=1S/C38H23N3O/c1-2-11-24(12-3-1)37-29-16-4-6-18-30(29)39-38(40-37)25-13-8-14-26(23-25)41-31-19-9-17-28-27-15-5-7-21-33(27)42-34-22-10-20-32(41)36(34)35(28)31/h1-23H. The van der Waals surface area contributed by atoms with E-state index in [2.05, 4.69) is 102 Å². The average molecular weight is 538 g/mol. The van der Waals surface area contributed by atoms with Crippen molar-refractivity contribution in [2.75, 3.05) is 0 Å². The molecule has 196 valence electrons. The fourth-order valence-corrected chi connectivity index (χ4v) is 6.37. The van der Waals surface area contributed by atoms with Gasteiger partial charge < -0.3 is 8.98 Å². The summed E-state index contributed by atoms with van der Waals surface area (Å²) in [7, 11) is 0. The number of rotatable bonds is 3. The highest BCUT2D eigenvalue weighted by Gasteiger charge is 2.19. The summed E-state index contributed by atoms with van der Waals surface area (Å²) >= 11 is 0. The van der Waals surface area contributed by atoms with Crippen LogP contribution < -0.4 is 0 Å². The van der Waals surface area contributed by atoms with Crippen LogP contribution in [0.4, 0.5) is 0 Å². The minimum Gasteiger partial charge on any atom is -0.456 e. The molecule has 0 spiro atoms. The molecular formula is C38H23N3O. The number of hydrogen-bond acceptors (Lipinski definition) is 3. The molecule has 0 atom stereocenters. The zero-order chi connectivity index (χ0) is 27.6. The van der Waals surface area contributed by atoms with E-state index < -0.39 is 0 Å². The lowest BCUT2D eigenvalue weighted by atomic mass is 10.1. The molecule has 0 N–H and O–H groups in total. The summed E-state index contributed by atoms with van der Waals surface area (Å²) < 4.78 is 8.86. The van der Waals surface area contributed by atoms with E-state index in [1.165, 1.54) is 10.8 Å². The normalized spacial score (nSPS) is 11.8. The van der Waals surface area contributed by atoms with Gasteiger partial charge in [0.15, 0.2) is 5.82 Å². The molecule has 4 heteroatoms.